The Morgan fingerprint density at radius 1 is 1.04 bits per heavy atom. The van der Waals surface area contributed by atoms with Crippen molar-refractivity contribution in [3.05, 3.63) is 11.6 Å². The van der Waals surface area contributed by atoms with Crippen LogP contribution in [0.5, 0.6) is 0 Å². The molecule has 2 fully saturated rings. The minimum atomic E-state index is -0.634. The van der Waals surface area contributed by atoms with Crippen molar-refractivity contribution in [1.82, 2.24) is 0 Å². The van der Waals surface area contributed by atoms with Gasteiger partial charge in [0.15, 0.2) is 0 Å². The highest BCUT2D eigenvalue weighted by molar-refractivity contribution is 5.66. The first-order valence-corrected chi connectivity index (χ1v) is 9.79. The fourth-order valence-electron chi connectivity index (χ4n) is 5.40. The number of allylic oxidation sites excluding steroid dienone is 2. The van der Waals surface area contributed by atoms with Crippen LogP contribution >= 0.6 is 0 Å². The van der Waals surface area contributed by atoms with E-state index >= 15 is 0 Å². The number of rotatable bonds is 3. The average molecular weight is 364 g/mol. The van der Waals surface area contributed by atoms with Crippen molar-refractivity contribution in [2.45, 2.75) is 85.7 Å². The Labute approximate surface area is 156 Å². The van der Waals surface area contributed by atoms with Crippen LogP contribution in [-0.2, 0) is 23.8 Å². The lowest BCUT2D eigenvalue weighted by Crippen LogP contribution is -2.37. The van der Waals surface area contributed by atoms with Gasteiger partial charge in [0.05, 0.1) is 0 Å². The van der Waals surface area contributed by atoms with Gasteiger partial charge in [-0.15, -0.1) is 0 Å². The van der Waals surface area contributed by atoms with E-state index in [1.807, 2.05) is 0 Å². The first-order valence-electron chi connectivity index (χ1n) is 9.79. The second-order valence-corrected chi connectivity index (χ2v) is 9.34. The first kappa shape index (κ1) is 19.4. The number of fused-ring (bicyclic) bond motifs is 1. The Kier molecular flexibility index (Phi) is 5.22. The van der Waals surface area contributed by atoms with Gasteiger partial charge in [-0.2, -0.15) is 0 Å². The van der Waals surface area contributed by atoms with Gasteiger partial charge >= 0.3 is 11.9 Å². The van der Waals surface area contributed by atoms with Crippen molar-refractivity contribution < 1.29 is 23.8 Å². The molecule has 1 unspecified atom stereocenters. The number of ether oxygens (including phenoxy) is 3. The van der Waals surface area contributed by atoms with Gasteiger partial charge in [0.2, 0.25) is 12.6 Å². The average Bonchev–Trinajstić information content (AvgIpc) is 2.82. The lowest BCUT2D eigenvalue weighted by atomic mass is 9.59. The summed E-state index contributed by atoms with van der Waals surface area (Å²) in [5, 5.41) is 0. The standard InChI is InChI=1S/C21H32O5/c1-13(22)24-18-16-8-7-15(11-17(16)19(26-18)25-14(2)23)21(5)10-6-9-20(3,4)12-21/h7,16-19H,6,8-12H2,1-5H3/t16-,17+,18-,19+,21?/m1/s1. The molecule has 1 aliphatic heterocycles. The van der Waals surface area contributed by atoms with E-state index in [-0.39, 0.29) is 29.2 Å². The van der Waals surface area contributed by atoms with E-state index in [0.29, 0.717) is 5.41 Å². The first-order chi connectivity index (χ1) is 12.1. The molecular weight excluding hydrogens is 332 g/mol. The fourth-order valence-corrected chi connectivity index (χ4v) is 5.40. The number of esters is 2. The molecule has 0 amide bonds. The largest absolute Gasteiger partial charge is 0.435 e. The Hall–Kier alpha value is -1.36. The Balaban J connectivity index is 1.81. The van der Waals surface area contributed by atoms with Crippen molar-refractivity contribution >= 4 is 11.9 Å². The van der Waals surface area contributed by atoms with E-state index in [1.54, 1.807) is 0 Å². The Morgan fingerprint density at radius 2 is 1.65 bits per heavy atom. The predicted octanol–water partition coefficient (Wildman–Crippen LogP) is 4.35. The van der Waals surface area contributed by atoms with E-state index in [9.17, 15) is 9.59 Å². The summed E-state index contributed by atoms with van der Waals surface area (Å²) in [6.45, 7) is 9.86. The van der Waals surface area contributed by atoms with E-state index < -0.39 is 12.6 Å². The third-order valence-corrected chi connectivity index (χ3v) is 6.40. The molecule has 1 saturated heterocycles. The zero-order valence-corrected chi connectivity index (χ0v) is 16.7. The van der Waals surface area contributed by atoms with Crippen LogP contribution in [0.4, 0.5) is 0 Å². The summed E-state index contributed by atoms with van der Waals surface area (Å²) >= 11 is 0. The molecule has 146 valence electrons. The predicted molar refractivity (Wildman–Crippen MR) is 96.8 cm³/mol. The lowest BCUT2D eigenvalue weighted by Gasteiger charge is -2.46. The normalized spacial score (nSPS) is 38.9. The molecule has 3 aliphatic rings. The molecule has 5 atom stereocenters. The third kappa shape index (κ3) is 3.98. The molecule has 0 aromatic carbocycles. The molecular formula is C21H32O5. The van der Waals surface area contributed by atoms with Crippen LogP contribution in [0.15, 0.2) is 11.6 Å². The van der Waals surface area contributed by atoms with Gasteiger partial charge in [0, 0.05) is 25.7 Å². The second-order valence-electron chi connectivity index (χ2n) is 9.34. The van der Waals surface area contributed by atoms with Gasteiger partial charge in [-0.05, 0) is 42.9 Å². The molecule has 3 rings (SSSR count). The Bertz CT molecular complexity index is 608. The summed E-state index contributed by atoms with van der Waals surface area (Å²) < 4.78 is 16.6. The van der Waals surface area contributed by atoms with Crippen LogP contribution in [-0.4, -0.2) is 24.5 Å². The summed E-state index contributed by atoms with van der Waals surface area (Å²) in [6, 6.07) is 0. The summed E-state index contributed by atoms with van der Waals surface area (Å²) in [5.41, 5.74) is 2.00. The van der Waals surface area contributed by atoms with Crippen LogP contribution < -0.4 is 0 Å². The molecule has 5 heteroatoms. The minimum absolute atomic E-state index is 0.0464. The van der Waals surface area contributed by atoms with Crippen LogP contribution in [0.25, 0.3) is 0 Å². The fraction of sp³-hybridized carbons (Fsp3) is 0.810. The summed E-state index contributed by atoms with van der Waals surface area (Å²) in [5.74, 6) is -0.636. The van der Waals surface area contributed by atoms with Crippen molar-refractivity contribution in [2.75, 3.05) is 0 Å². The van der Waals surface area contributed by atoms with Crippen molar-refractivity contribution in [2.24, 2.45) is 22.7 Å². The quantitative estimate of drug-likeness (QED) is 0.550. The molecule has 0 spiro atoms. The lowest BCUT2D eigenvalue weighted by molar-refractivity contribution is -0.214. The van der Waals surface area contributed by atoms with Crippen molar-refractivity contribution in [3.8, 4) is 0 Å². The summed E-state index contributed by atoms with van der Waals surface area (Å²) in [7, 11) is 0. The van der Waals surface area contributed by atoms with Crippen LogP contribution in [0.3, 0.4) is 0 Å². The van der Waals surface area contributed by atoms with Gasteiger partial charge in [-0.25, -0.2) is 0 Å². The third-order valence-electron chi connectivity index (χ3n) is 6.40. The number of carbonyl (C=O) groups is 2. The number of hydrogen-bond acceptors (Lipinski definition) is 5. The maximum atomic E-state index is 11.5. The molecule has 1 heterocycles. The molecule has 0 aromatic rings. The minimum Gasteiger partial charge on any atom is -0.435 e. The molecule has 1 saturated carbocycles. The molecule has 0 bridgehead atoms. The van der Waals surface area contributed by atoms with Gasteiger partial charge in [-0.1, -0.05) is 38.8 Å². The van der Waals surface area contributed by atoms with E-state index in [2.05, 4.69) is 26.8 Å². The molecule has 0 radical (unpaired) electrons. The smallest absolute Gasteiger partial charge is 0.304 e. The van der Waals surface area contributed by atoms with Gasteiger partial charge in [-0.3, -0.25) is 9.59 Å². The molecule has 0 N–H and O–H groups in total. The van der Waals surface area contributed by atoms with Crippen LogP contribution in [0.1, 0.15) is 73.1 Å². The topological polar surface area (TPSA) is 61.8 Å². The highest BCUT2D eigenvalue weighted by Gasteiger charge is 2.51. The zero-order valence-electron chi connectivity index (χ0n) is 16.7. The molecule has 26 heavy (non-hydrogen) atoms. The maximum absolute atomic E-state index is 11.5. The van der Waals surface area contributed by atoms with Crippen LogP contribution in [0, 0.1) is 22.7 Å². The van der Waals surface area contributed by atoms with E-state index in [0.717, 1.165) is 12.8 Å². The zero-order chi connectivity index (χ0) is 19.1. The van der Waals surface area contributed by atoms with Gasteiger partial charge < -0.3 is 14.2 Å². The SMILES string of the molecule is CC(=O)O[C@H]1O[C@@H](OC(C)=O)[C@@H]2CC=C(C3(C)CCCC(C)(C)C3)C[C@H]12. The summed E-state index contributed by atoms with van der Waals surface area (Å²) in [4.78, 5) is 22.9. The van der Waals surface area contributed by atoms with Gasteiger partial charge in [0.25, 0.3) is 0 Å². The second kappa shape index (κ2) is 6.99. The van der Waals surface area contributed by atoms with Crippen molar-refractivity contribution in [3.63, 3.8) is 0 Å². The maximum Gasteiger partial charge on any atom is 0.304 e. The van der Waals surface area contributed by atoms with Gasteiger partial charge in [0.1, 0.15) is 0 Å². The number of hydrogen-bond donors (Lipinski definition) is 0. The highest BCUT2D eigenvalue weighted by atomic mass is 16.8. The molecule has 5 nitrogen and oxygen atoms in total. The van der Waals surface area contributed by atoms with Crippen molar-refractivity contribution in [1.29, 1.82) is 0 Å². The number of carbonyl (C=O) groups excluding carboxylic acids is 2. The monoisotopic (exact) mass is 364 g/mol. The molecule has 2 aliphatic carbocycles. The Morgan fingerprint density at radius 3 is 2.23 bits per heavy atom. The van der Waals surface area contributed by atoms with E-state index in [1.165, 1.54) is 45.1 Å². The summed E-state index contributed by atoms with van der Waals surface area (Å²) in [6.07, 6.45) is 7.60. The van der Waals surface area contributed by atoms with E-state index in [4.69, 9.17) is 14.2 Å². The van der Waals surface area contributed by atoms with Crippen LogP contribution in [0.2, 0.25) is 0 Å². The molecule has 0 aromatic heterocycles. The highest BCUT2D eigenvalue weighted by Crippen LogP contribution is 2.55.